The number of ether oxygens (including phenoxy) is 3. The van der Waals surface area contributed by atoms with Crippen molar-refractivity contribution in [2.45, 2.75) is 49.2 Å². The van der Waals surface area contributed by atoms with E-state index >= 15 is 0 Å². The van der Waals surface area contributed by atoms with Crippen molar-refractivity contribution in [2.75, 3.05) is 51.0 Å². The number of imide groups is 1. The van der Waals surface area contributed by atoms with E-state index in [1.165, 1.54) is 6.33 Å². The largest absolute Gasteiger partial charge is 0.457 e. The number of hydrogen-bond donors (Lipinski definition) is 2. The van der Waals surface area contributed by atoms with Crippen LogP contribution in [0.5, 0.6) is 11.5 Å². The molecule has 8 rings (SSSR count). The Bertz CT molecular complexity index is 2290. The Kier molecular flexibility index (Phi) is 11.4. The minimum atomic E-state index is -0.650. The van der Waals surface area contributed by atoms with Crippen LogP contribution in [0.25, 0.3) is 22.3 Å². The average Bonchev–Trinajstić information content (AvgIpc) is 3.79. The van der Waals surface area contributed by atoms with Crippen LogP contribution in [0.15, 0.2) is 84.0 Å². The van der Waals surface area contributed by atoms with Gasteiger partial charge in [0, 0.05) is 47.8 Å². The Morgan fingerprint density at radius 2 is 1.72 bits per heavy atom. The number of nitrogens with one attached hydrogen (secondary N) is 1. The number of carbonyl (C=O) groups excluding carboxylic acids is 4. The zero-order valence-corrected chi connectivity index (χ0v) is 32.0. The Balaban J connectivity index is 0.799. The van der Waals surface area contributed by atoms with Crippen LogP contribution in [-0.4, -0.2) is 104 Å². The van der Waals surface area contributed by atoms with E-state index in [2.05, 4.69) is 15.3 Å². The molecule has 2 saturated heterocycles. The Labute approximate surface area is 332 Å². The van der Waals surface area contributed by atoms with E-state index < -0.39 is 11.9 Å². The molecule has 3 aromatic carbocycles. The first-order valence-corrected chi connectivity index (χ1v) is 20.0. The van der Waals surface area contributed by atoms with Crippen LogP contribution in [0.3, 0.4) is 0 Å². The number of para-hydroxylation sites is 1. The first kappa shape index (κ1) is 38.1. The zero-order chi connectivity index (χ0) is 39.3. The lowest BCUT2D eigenvalue weighted by atomic mass is 10.0. The molecule has 0 radical (unpaired) electrons. The molecule has 2 aromatic heterocycles. The van der Waals surface area contributed by atoms with Crippen molar-refractivity contribution in [3.05, 3.63) is 90.3 Å². The third-order valence-electron chi connectivity index (χ3n) is 10.3. The molecule has 5 heterocycles. The number of nitrogens with zero attached hydrogens (tertiary/aromatic N) is 6. The van der Waals surface area contributed by atoms with Crippen LogP contribution in [0.4, 0.5) is 5.82 Å². The zero-order valence-electron chi connectivity index (χ0n) is 31.2. The highest BCUT2D eigenvalue weighted by molar-refractivity contribution is 7.99. The van der Waals surface area contributed by atoms with Crippen molar-refractivity contribution in [1.82, 2.24) is 34.9 Å². The molecule has 57 heavy (non-hydrogen) atoms. The van der Waals surface area contributed by atoms with Gasteiger partial charge in [-0.1, -0.05) is 24.3 Å². The number of aromatic nitrogens is 4. The SMILES string of the molecule is Nc1ncnc2c1c(-c1ccc(Oc3ccccc3)cc1)nn2C1CCCN(C(=O)COCCOCCSc2cccc3c2CN(C2CCC(=O)NC2=O)C3=O)C1. The van der Waals surface area contributed by atoms with Crippen LogP contribution >= 0.6 is 11.8 Å². The standard InChI is InChI=1S/C41H42N8O7S/c42-38-36-37(26-11-13-29(14-12-26)56-28-7-2-1-3-8-28)46-49(39(36)44-25-43-38)27-6-5-17-47(22-27)35(51)24-55-19-18-54-20-21-57-33-10-4-9-30-31(33)23-48(41(30)53)32-15-16-34(50)45-40(32)52/h1-4,7-14,25,27,32H,5-6,15-24H2,(H2,42,43,44)(H,45,50,52). The molecule has 5 aromatic rings. The van der Waals surface area contributed by atoms with E-state index in [9.17, 15) is 19.2 Å². The first-order valence-electron chi connectivity index (χ1n) is 19.0. The highest BCUT2D eigenvalue weighted by Crippen LogP contribution is 2.36. The summed E-state index contributed by atoms with van der Waals surface area (Å²) in [7, 11) is 0. The maximum absolute atomic E-state index is 13.3. The summed E-state index contributed by atoms with van der Waals surface area (Å²) in [6.45, 7) is 2.39. The molecule has 0 saturated carbocycles. The molecule has 2 unspecified atom stereocenters. The Morgan fingerprint density at radius 3 is 2.54 bits per heavy atom. The van der Waals surface area contributed by atoms with Crippen LogP contribution < -0.4 is 15.8 Å². The smallest absolute Gasteiger partial charge is 0.255 e. The first-order chi connectivity index (χ1) is 27.8. The lowest BCUT2D eigenvalue weighted by molar-refractivity contribution is -0.138. The monoisotopic (exact) mass is 790 g/mol. The van der Waals surface area contributed by atoms with E-state index in [-0.39, 0.29) is 43.4 Å². The lowest BCUT2D eigenvalue weighted by Crippen LogP contribution is -2.52. The van der Waals surface area contributed by atoms with Gasteiger partial charge in [0.25, 0.3) is 5.91 Å². The van der Waals surface area contributed by atoms with Gasteiger partial charge in [-0.05, 0) is 73.4 Å². The number of fused-ring (bicyclic) bond motifs is 2. The second-order valence-electron chi connectivity index (χ2n) is 14.0. The molecule has 294 valence electrons. The lowest BCUT2D eigenvalue weighted by Gasteiger charge is -2.33. The van der Waals surface area contributed by atoms with Crippen LogP contribution in [0.2, 0.25) is 0 Å². The molecular weight excluding hydrogens is 749 g/mol. The Hall–Kier alpha value is -5.84. The number of amides is 4. The topological polar surface area (TPSA) is 184 Å². The molecule has 4 amide bonds. The van der Waals surface area contributed by atoms with Crippen molar-refractivity contribution in [3.8, 4) is 22.8 Å². The summed E-state index contributed by atoms with van der Waals surface area (Å²) in [5.41, 5.74) is 9.98. The predicted molar refractivity (Wildman–Crippen MR) is 211 cm³/mol. The second-order valence-corrected chi connectivity index (χ2v) is 15.2. The molecule has 16 heteroatoms. The van der Waals surface area contributed by atoms with Crippen molar-refractivity contribution in [3.63, 3.8) is 0 Å². The number of anilines is 1. The quantitative estimate of drug-likeness (QED) is 0.0906. The number of benzene rings is 3. The molecule has 0 bridgehead atoms. The van der Waals surface area contributed by atoms with E-state index in [1.807, 2.05) is 76.3 Å². The third-order valence-corrected chi connectivity index (χ3v) is 11.4. The van der Waals surface area contributed by atoms with Crippen molar-refractivity contribution in [2.24, 2.45) is 0 Å². The molecular formula is C41H42N8O7S. The molecule has 3 aliphatic rings. The summed E-state index contributed by atoms with van der Waals surface area (Å²) < 4.78 is 19.3. The molecule has 3 aliphatic heterocycles. The summed E-state index contributed by atoms with van der Waals surface area (Å²) in [6, 6.07) is 22.0. The summed E-state index contributed by atoms with van der Waals surface area (Å²) >= 11 is 1.58. The van der Waals surface area contributed by atoms with Crippen molar-refractivity contribution in [1.29, 1.82) is 0 Å². The fourth-order valence-electron chi connectivity index (χ4n) is 7.51. The van der Waals surface area contributed by atoms with Crippen LogP contribution in [0, 0.1) is 0 Å². The summed E-state index contributed by atoms with van der Waals surface area (Å²) in [5.74, 6) is 1.39. The predicted octanol–water partition coefficient (Wildman–Crippen LogP) is 4.62. The average molecular weight is 791 g/mol. The number of carbonyl (C=O) groups is 4. The maximum atomic E-state index is 13.3. The minimum absolute atomic E-state index is 0.0592. The van der Waals surface area contributed by atoms with Crippen molar-refractivity contribution >= 4 is 52.2 Å². The van der Waals surface area contributed by atoms with E-state index in [4.69, 9.17) is 25.0 Å². The van der Waals surface area contributed by atoms with E-state index in [1.54, 1.807) is 22.7 Å². The normalized spacial score (nSPS) is 18.2. The van der Waals surface area contributed by atoms with Crippen molar-refractivity contribution < 1.29 is 33.4 Å². The third kappa shape index (κ3) is 8.33. The highest BCUT2D eigenvalue weighted by atomic mass is 32.2. The van der Waals surface area contributed by atoms with Gasteiger partial charge in [0.05, 0.1) is 31.2 Å². The van der Waals surface area contributed by atoms with Gasteiger partial charge in [0.1, 0.15) is 42.0 Å². The number of nitrogen functional groups attached to an aromatic ring is 1. The highest BCUT2D eigenvalue weighted by Gasteiger charge is 2.40. The van der Waals surface area contributed by atoms with Gasteiger partial charge in [0.2, 0.25) is 17.7 Å². The van der Waals surface area contributed by atoms with E-state index in [0.29, 0.717) is 78.9 Å². The van der Waals surface area contributed by atoms with Gasteiger partial charge in [-0.3, -0.25) is 24.5 Å². The molecule has 2 fully saturated rings. The van der Waals surface area contributed by atoms with E-state index in [0.717, 1.165) is 34.6 Å². The fourth-order valence-corrected chi connectivity index (χ4v) is 8.46. The number of piperidine rings is 2. The number of nitrogens with two attached hydrogens (primary N) is 1. The summed E-state index contributed by atoms with van der Waals surface area (Å²) in [6.07, 6.45) is 3.60. The minimum Gasteiger partial charge on any atom is -0.457 e. The Morgan fingerprint density at radius 1 is 0.912 bits per heavy atom. The molecule has 3 N–H and O–H groups in total. The molecule has 0 spiro atoms. The number of hydrogen-bond acceptors (Lipinski definition) is 12. The van der Waals surface area contributed by atoms with Gasteiger partial charge >= 0.3 is 0 Å². The summed E-state index contributed by atoms with van der Waals surface area (Å²) in [4.78, 5) is 63.5. The molecule has 0 aliphatic carbocycles. The number of rotatable bonds is 14. The fraction of sp³-hybridized carbons (Fsp3) is 0.341. The second kappa shape index (κ2) is 17.1. The van der Waals surface area contributed by atoms with Gasteiger partial charge < -0.3 is 29.7 Å². The van der Waals surface area contributed by atoms with Gasteiger partial charge in [-0.25, -0.2) is 14.6 Å². The van der Waals surface area contributed by atoms with Gasteiger partial charge in [-0.15, -0.1) is 11.8 Å². The molecule has 15 nitrogen and oxygen atoms in total. The molecule has 2 atom stereocenters. The van der Waals surface area contributed by atoms with Crippen LogP contribution in [0.1, 0.15) is 47.6 Å². The summed E-state index contributed by atoms with van der Waals surface area (Å²) in [5, 5.41) is 8.00. The number of thioether (sulfide) groups is 1. The number of likely N-dealkylation sites (tertiary alicyclic amines) is 1. The van der Waals surface area contributed by atoms with Gasteiger partial charge in [0.15, 0.2) is 5.65 Å². The van der Waals surface area contributed by atoms with Crippen LogP contribution in [-0.2, 0) is 30.4 Å². The maximum Gasteiger partial charge on any atom is 0.255 e. The van der Waals surface area contributed by atoms with Gasteiger partial charge in [-0.2, -0.15) is 5.10 Å².